The van der Waals surface area contributed by atoms with E-state index >= 15 is 0 Å². The zero-order valence-corrected chi connectivity index (χ0v) is 14.4. The van der Waals surface area contributed by atoms with Crippen LogP contribution in [0, 0.1) is 0 Å². The number of benzene rings is 2. The van der Waals surface area contributed by atoms with Crippen molar-refractivity contribution >= 4 is 52.4 Å². The van der Waals surface area contributed by atoms with Crippen molar-refractivity contribution in [3.8, 4) is 11.1 Å². The van der Waals surface area contributed by atoms with E-state index in [1.165, 1.54) is 7.11 Å². The van der Waals surface area contributed by atoms with Crippen molar-refractivity contribution in [1.82, 2.24) is 0 Å². The lowest BCUT2D eigenvalue weighted by atomic mass is 9.82. The van der Waals surface area contributed by atoms with Crippen LogP contribution < -0.4 is 0 Å². The number of alkyl halides is 2. The monoisotopic (exact) mass is 374 g/mol. The van der Waals surface area contributed by atoms with E-state index in [2.05, 4.69) is 0 Å². The molecule has 2 nitrogen and oxygen atoms in total. The molecule has 0 saturated carbocycles. The van der Waals surface area contributed by atoms with Crippen LogP contribution in [0.4, 0.5) is 0 Å². The molecule has 0 aliphatic heterocycles. The van der Waals surface area contributed by atoms with Gasteiger partial charge >= 0.3 is 5.97 Å². The van der Waals surface area contributed by atoms with Gasteiger partial charge < -0.3 is 4.74 Å². The molecule has 114 valence electrons. The highest BCUT2D eigenvalue weighted by atomic mass is 35.5. The first-order valence-electron chi connectivity index (χ1n) is 6.44. The van der Waals surface area contributed by atoms with Crippen molar-refractivity contribution in [3.05, 3.63) is 57.1 Å². The van der Waals surface area contributed by atoms with Gasteiger partial charge in [0.2, 0.25) is 0 Å². The van der Waals surface area contributed by atoms with E-state index in [1.54, 1.807) is 24.3 Å². The molecule has 6 heteroatoms. The number of hydrogen-bond donors (Lipinski definition) is 0. The largest absolute Gasteiger partial charge is 0.465 e. The van der Waals surface area contributed by atoms with Gasteiger partial charge in [-0.3, -0.25) is 0 Å². The summed E-state index contributed by atoms with van der Waals surface area (Å²) in [7, 11) is 1.33. The number of ether oxygens (including phenoxy) is 1. The highest BCUT2D eigenvalue weighted by molar-refractivity contribution is 6.42. The Labute approximate surface area is 147 Å². The third kappa shape index (κ3) is 2.39. The van der Waals surface area contributed by atoms with Crippen LogP contribution in [-0.4, -0.2) is 13.1 Å². The van der Waals surface area contributed by atoms with Crippen LogP contribution >= 0.6 is 46.4 Å². The molecule has 0 bridgehead atoms. The second-order valence-electron chi connectivity index (χ2n) is 4.92. The van der Waals surface area contributed by atoms with Gasteiger partial charge in [-0.1, -0.05) is 35.3 Å². The molecule has 1 aliphatic carbocycles. The van der Waals surface area contributed by atoms with Crippen LogP contribution in [0.5, 0.6) is 0 Å². The Bertz CT molecular complexity index is 773. The Kier molecular flexibility index (Phi) is 4.30. The predicted molar refractivity (Wildman–Crippen MR) is 90.4 cm³/mol. The van der Waals surface area contributed by atoms with Crippen LogP contribution in [0.25, 0.3) is 11.1 Å². The summed E-state index contributed by atoms with van der Waals surface area (Å²) in [6, 6.07) is 8.79. The average molecular weight is 376 g/mol. The van der Waals surface area contributed by atoms with E-state index < -0.39 is 16.7 Å². The smallest absolute Gasteiger partial charge is 0.338 e. The van der Waals surface area contributed by atoms with Crippen molar-refractivity contribution in [2.24, 2.45) is 0 Å². The summed E-state index contributed by atoms with van der Waals surface area (Å²) in [6.45, 7) is 0. The average Bonchev–Trinajstić information content (AvgIpc) is 2.53. The fourth-order valence-corrected chi connectivity index (χ4v) is 3.73. The molecule has 0 heterocycles. The van der Waals surface area contributed by atoms with Crippen molar-refractivity contribution in [2.45, 2.75) is 10.8 Å². The lowest BCUT2D eigenvalue weighted by Gasteiger charge is -2.30. The van der Waals surface area contributed by atoms with Crippen LogP contribution in [0.3, 0.4) is 0 Å². The molecule has 0 fully saturated rings. The minimum Gasteiger partial charge on any atom is -0.465 e. The number of methoxy groups -OCH3 is 1. The zero-order chi connectivity index (χ0) is 16.0. The number of hydrogen-bond acceptors (Lipinski definition) is 2. The second-order valence-corrected chi connectivity index (χ2v) is 6.67. The molecule has 2 atom stereocenters. The lowest BCUT2D eigenvalue weighted by Crippen LogP contribution is -2.15. The lowest BCUT2D eigenvalue weighted by molar-refractivity contribution is 0.0599. The van der Waals surface area contributed by atoms with E-state index in [0.29, 0.717) is 21.2 Å². The third-order valence-electron chi connectivity index (χ3n) is 3.72. The Morgan fingerprint density at radius 2 is 1.73 bits per heavy atom. The summed E-state index contributed by atoms with van der Waals surface area (Å²) < 4.78 is 4.83. The molecular formula is C16H10Cl4O2. The maximum Gasteiger partial charge on any atom is 0.338 e. The second kappa shape index (κ2) is 5.93. The molecule has 2 aromatic carbocycles. The molecule has 0 spiro atoms. The van der Waals surface area contributed by atoms with Gasteiger partial charge in [0, 0.05) is 0 Å². The first-order chi connectivity index (χ1) is 10.5. The van der Waals surface area contributed by atoms with Gasteiger partial charge in [0.05, 0.1) is 33.5 Å². The van der Waals surface area contributed by atoms with Crippen molar-refractivity contribution in [1.29, 1.82) is 0 Å². The molecule has 1 aliphatic rings. The minimum atomic E-state index is -0.572. The maximum absolute atomic E-state index is 12.0. The van der Waals surface area contributed by atoms with E-state index in [0.717, 1.165) is 16.7 Å². The van der Waals surface area contributed by atoms with Crippen molar-refractivity contribution in [2.75, 3.05) is 7.11 Å². The van der Waals surface area contributed by atoms with E-state index in [-0.39, 0.29) is 0 Å². The van der Waals surface area contributed by atoms with Crippen LogP contribution in [0.15, 0.2) is 30.3 Å². The zero-order valence-electron chi connectivity index (χ0n) is 11.4. The summed E-state index contributed by atoms with van der Waals surface area (Å²) in [5.41, 5.74) is 3.50. The number of fused-ring (bicyclic) bond motifs is 3. The van der Waals surface area contributed by atoms with E-state index in [4.69, 9.17) is 51.1 Å². The Hall–Kier alpha value is -0.930. The van der Waals surface area contributed by atoms with Crippen molar-refractivity contribution in [3.63, 3.8) is 0 Å². The van der Waals surface area contributed by atoms with E-state index in [1.807, 2.05) is 6.07 Å². The normalized spacial score (nSPS) is 19.3. The van der Waals surface area contributed by atoms with Gasteiger partial charge in [-0.2, -0.15) is 0 Å². The quantitative estimate of drug-likeness (QED) is 0.450. The fraction of sp³-hybridized carbons (Fsp3) is 0.188. The molecular weight excluding hydrogens is 366 g/mol. The van der Waals surface area contributed by atoms with Gasteiger partial charge in [0.25, 0.3) is 0 Å². The SMILES string of the molecule is COC(=O)c1cccc2c1[C@@H](Cl)[C@@H](Cl)c1cc(Cl)c(Cl)cc1-2. The molecule has 0 N–H and O–H groups in total. The molecule has 0 radical (unpaired) electrons. The standard InChI is InChI=1S/C16H10Cl4O2/c1-22-16(21)8-4-2-3-7-9-5-11(17)12(18)6-10(9)14(19)15(20)13(7)8/h2-6,14-15H,1H3/t14-,15+/m0/s1. The van der Waals surface area contributed by atoms with Gasteiger partial charge in [-0.15, -0.1) is 23.2 Å². The van der Waals surface area contributed by atoms with Crippen LogP contribution in [0.2, 0.25) is 10.0 Å². The Morgan fingerprint density at radius 3 is 2.41 bits per heavy atom. The number of carbonyl (C=O) groups is 1. The summed E-state index contributed by atoms with van der Waals surface area (Å²) in [5.74, 6) is -0.449. The first kappa shape index (κ1) is 15.9. The molecule has 0 unspecified atom stereocenters. The number of halogens is 4. The minimum absolute atomic E-state index is 0.405. The summed E-state index contributed by atoms with van der Waals surface area (Å²) in [6.07, 6.45) is 0. The maximum atomic E-state index is 12.0. The third-order valence-corrected chi connectivity index (χ3v) is 5.53. The number of esters is 1. The summed E-state index contributed by atoms with van der Waals surface area (Å²) in [4.78, 5) is 12.0. The summed E-state index contributed by atoms with van der Waals surface area (Å²) >= 11 is 25.2. The fourth-order valence-electron chi connectivity index (χ4n) is 2.71. The van der Waals surface area contributed by atoms with E-state index in [9.17, 15) is 4.79 Å². The Morgan fingerprint density at radius 1 is 1.05 bits per heavy atom. The highest BCUT2D eigenvalue weighted by Gasteiger charge is 2.35. The highest BCUT2D eigenvalue weighted by Crippen LogP contribution is 2.53. The molecule has 2 aromatic rings. The van der Waals surface area contributed by atoms with Crippen LogP contribution in [-0.2, 0) is 4.74 Å². The molecule has 0 aromatic heterocycles. The first-order valence-corrected chi connectivity index (χ1v) is 8.07. The molecule has 0 amide bonds. The number of rotatable bonds is 1. The van der Waals surface area contributed by atoms with Gasteiger partial charge in [-0.05, 0) is 40.5 Å². The Balaban J connectivity index is 2.33. The number of carbonyl (C=O) groups excluding carboxylic acids is 1. The predicted octanol–water partition coefficient (Wildman–Crippen LogP) is 6.02. The molecule has 22 heavy (non-hydrogen) atoms. The van der Waals surface area contributed by atoms with Gasteiger partial charge in [0.15, 0.2) is 0 Å². The van der Waals surface area contributed by atoms with Gasteiger partial charge in [0.1, 0.15) is 0 Å². The topological polar surface area (TPSA) is 26.3 Å². The molecule has 3 rings (SSSR count). The van der Waals surface area contributed by atoms with Gasteiger partial charge in [-0.25, -0.2) is 4.79 Å². The molecule has 0 saturated heterocycles. The van der Waals surface area contributed by atoms with Crippen LogP contribution in [0.1, 0.15) is 32.2 Å². The van der Waals surface area contributed by atoms with Crippen molar-refractivity contribution < 1.29 is 9.53 Å². The summed E-state index contributed by atoms with van der Waals surface area (Å²) in [5, 5.41) is -0.254.